The molecule has 2 rings (SSSR count). The summed E-state index contributed by atoms with van der Waals surface area (Å²) in [5.74, 6) is -3.16. The average Bonchev–Trinajstić information content (AvgIpc) is 2.44. The Bertz CT molecular complexity index is 464. The van der Waals surface area contributed by atoms with E-state index < -0.39 is 18.6 Å². The van der Waals surface area contributed by atoms with Crippen molar-refractivity contribution in [1.29, 1.82) is 0 Å². The predicted octanol–water partition coefficient (Wildman–Crippen LogP) is 2.33. The quantitative estimate of drug-likeness (QED) is 0.876. The number of hydrogen-bond donors (Lipinski definition) is 2. The lowest BCUT2D eigenvalue weighted by molar-refractivity contribution is -0.118. The lowest BCUT2D eigenvalue weighted by Crippen LogP contribution is -2.51. The summed E-state index contributed by atoms with van der Waals surface area (Å²) in [4.78, 5) is 1.75. The minimum Gasteiger partial charge on any atom is -0.390 e. The van der Waals surface area contributed by atoms with Crippen molar-refractivity contribution in [3.8, 4) is 0 Å². The molecule has 1 heterocycles. The van der Waals surface area contributed by atoms with Gasteiger partial charge in [0.25, 0.3) is 5.92 Å². The minimum absolute atomic E-state index is 0.548. The lowest BCUT2D eigenvalue weighted by Gasteiger charge is -2.39. The Balaban J connectivity index is 2.42. The number of nitrogens with zero attached hydrogens (tertiary/aromatic N) is 1. The summed E-state index contributed by atoms with van der Waals surface area (Å²) < 4.78 is 29.3. The summed E-state index contributed by atoms with van der Waals surface area (Å²) >= 11 is 3.34. The Morgan fingerprint density at radius 2 is 2.05 bits per heavy atom. The Kier molecular flexibility index (Phi) is 5.12. The van der Waals surface area contributed by atoms with Crippen molar-refractivity contribution in [2.45, 2.75) is 18.9 Å². The predicted molar refractivity (Wildman–Crippen MR) is 78.1 cm³/mol. The summed E-state index contributed by atoms with van der Waals surface area (Å²) in [6, 6.07) is 4.30. The van der Waals surface area contributed by atoms with Crippen LogP contribution < -0.4 is 5.32 Å². The molecule has 1 aliphatic heterocycles. The van der Waals surface area contributed by atoms with Gasteiger partial charge in [-0.2, -0.15) is 0 Å². The molecular weight excluding hydrogens is 330 g/mol. The minimum atomic E-state index is -3.16. The number of benzene rings is 1. The number of halogens is 3. The van der Waals surface area contributed by atoms with Gasteiger partial charge in [0.05, 0.1) is 0 Å². The van der Waals surface area contributed by atoms with Gasteiger partial charge in [-0.25, -0.2) is 8.78 Å². The van der Waals surface area contributed by atoms with E-state index in [1.165, 1.54) is 0 Å². The molecule has 0 unspecified atom stereocenters. The molecule has 6 heteroatoms. The fraction of sp³-hybridized carbons (Fsp3) is 0.571. The molecule has 1 aliphatic rings. The number of nitrogens with one attached hydrogen (secondary N) is 1. The molecule has 0 radical (unpaired) electrons. The van der Waals surface area contributed by atoms with Crippen LogP contribution in [0.2, 0.25) is 0 Å². The van der Waals surface area contributed by atoms with Crippen LogP contribution in [0, 0.1) is 6.92 Å². The maximum atomic E-state index is 14.3. The molecular formula is C14H19BrF2N2O. The first-order chi connectivity index (χ1) is 9.45. The number of hydrogen-bond acceptors (Lipinski definition) is 3. The smallest absolute Gasteiger partial charge is 0.289 e. The third-order valence-corrected chi connectivity index (χ3v) is 4.16. The van der Waals surface area contributed by atoms with Crippen molar-refractivity contribution in [2.24, 2.45) is 0 Å². The molecule has 112 valence electrons. The Morgan fingerprint density at radius 1 is 1.40 bits per heavy atom. The number of aliphatic hydroxyl groups excluding tert-OH is 1. The van der Waals surface area contributed by atoms with Crippen LogP contribution in [0.25, 0.3) is 0 Å². The highest BCUT2D eigenvalue weighted by molar-refractivity contribution is 9.10. The fourth-order valence-corrected chi connectivity index (χ4v) is 3.00. The fourth-order valence-electron chi connectivity index (χ4n) is 2.62. The van der Waals surface area contributed by atoms with E-state index in [4.69, 9.17) is 5.11 Å². The molecule has 20 heavy (non-hydrogen) atoms. The van der Waals surface area contributed by atoms with Crippen molar-refractivity contribution >= 4 is 15.9 Å². The summed E-state index contributed by atoms with van der Waals surface area (Å²) in [6.45, 7) is 3.15. The third-order valence-electron chi connectivity index (χ3n) is 3.66. The van der Waals surface area contributed by atoms with Gasteiger partial charge in [-0.15, -0.1) is 0 Å². The van der Waals surface area contributed by atoms with Crippen LogP contribution in [0.3, 0.4) is 0 Å². The van der Waals surface area contributed by atoms with E-state index >= 15 is 0 Å². The van der Waals surface area contributed by atoms with Gasteiger partial charge in [0.1, 0.15) is 12.6 Å². The topological polar surface area (TPSA) is 35.5 Å². The standard InChI is InChI=1S/C14H19BrF2N2O/c1-10-2-3-11(15)8-12(10)13(14(16,17)9-20)19-6-4-18-5-7-19/h2-3,8,13,18,20H,4-7,9H2,1H3/t13-/m0/s1. The Hall–Kier alpha value is -0.560. The number of aryl methyl sites for hydroxylation is 1. The number of piperazine rings is 1. The van der Waals surface area contributed by atoms with E-state index in [1.54, 1.807) is 11.0 Å². The first kappa shape index (κ1) is 15.8. The van der Waals surface area contributed by atoms with Crippen LogP contribution in [0.4, 0.5) is 8.78 Å². The van der Waals surface area contributed by atoms with Gasteiger partial charge in [-0.05, 0) is 30.2 Å². The van der Waals surface area contributed by atoms with Gasteiger partial charge in [-0.3, -0.25) is 4.90 Å². The SMILES string of the molecule is Cc1ccc(Br)cc1[C@H](N1CCNCC1)C(F)(F)CO. The molecule has 0 bridgehead atoms. The molecule has 0 spiro atoms. The van der Waals surface area contributed by atoms with Crippen molar-refractivity contribution in [3.05, 3.63) is 33.8 Å². The average molecular weight is 349 g/mol. The van der Waals surface area contributed by atoms with Crippen molar-refractivity contribution in [2.75, 3.05) is 32.8 Å². The van der Waals surface area contributed by atoms with Crippen molar-refractivity contribution in [1.82, 2.24) is 10.2 Å². The zero-order valence-electron chi connectivity index (χ0n) is 11.4. The largest absolute Gasteiger partial charge is 0.390 e. The van der Waals surface area contributed by atoms with Crippen molar-refractivity contribution in [3.63, 3.8) is 0 Å². The molecule has 0 aromatic heterocycles. The van der Waals surface area contributed by atoms with E-state index in [0.717, 1.165) is 10.0 Å². The second-order valence-corrected chi connectivity index (χ2v) is 6.02. The second-order valence-electron chi connectivity index (χ2n) is 5.11. The van der Waals surface area contributed by atoms with Gasteiger partial charge in [0.2, 0.25) is 0 Å². The van der Waals surface area contributed by atoms with Gasteiger partial charge in [0, 0.05) is 30.7 Å². The summed E-state index contributed by atoms with van der Waals surface area (Å²) in [6.07, 6.45) is 0. The molecule has 1 atom stereocenters. The Morgan fingerprint density at radius 3 is 2.65 bits per heavy atom. The highest BCUT2D eigenvalue weighted by Gasteiger charge is 2.44. The van der Waals surface area contributed by atoms with E-state index in [1.807, 2.05) is 19.1 Å². The first-order valence-corrected chi connectivity index (χ1v) is 7.44. The van der Waals surface area contributed by atoms with E-state index in [0.29, 0.717) is 31.7 Å². The summed E-state index contributed by atoms with van der Waals surface area (Å²) in [5, 5.41) is 12.3. The third kappa shape index (κ3) is 3.36. The molecule has 0 amide bonds. The lowest BCUT2D eigenvalue weighted by atomic mass is 9.94. The van der Waals surface area contributed by atoms with Crippen LogP contribution >= 0.6 is 15.9 Å². The van der Waals surface area contributed by atoms with Crippen LogP contribution in [0.15, 0.2) is 22.7 Å². The van der Waals surface area contributed by atoms with Crippen LogP contribution in [-0.2, 0) is 0 Å². The van der Waals surface area contributed by atoms with Crippen molar-refractivity contribution < 1.29 is 13.9 Å². The van der Waals surface area contributed by atoms with Gasteiger partial charge < -0.3 is 10.4 Å². The molecule has 1 aromatic rings. The number of alkyl halides is 2. The first-order valence-electron chi connectivity index (χ1n) is 6.65. The van der Waals surface area contributed by atoms with E-state index in [-0.39, 0.29) is 0 Å². The van der Waals surface area contributed by atoms with Crippen LogP contribution in [0.1, 0.15) is 17.2 Å². The zero-order chi connectivity index (χ0) is 14.8. The molecule has 0 saturated carbocycles. The molecule has 1 saturated heterocycles. The number of rotatable bonds is 4. The monoisotopic (exact) mass is 348 g/mol. The Labute approximate surface area is 126 Å². The molecule has 0 aliphatic carbocycles. The van der Waals surface area contributed by atoms with Crippen LogP contribution in [0.5, 0.6) is 0 Å². The second kappa shape index (κ2) is 6.47. The normalized spacial score (nSPS) is 19.1. The maximum Gasteiger partial charge on any atom is 0.289 e. The van der Waals surface area contributed by atoms with Gasteiger partial charge >= 0.3 is 0 Å². The molecule has 3 nitrogen and oxygen atoms in total. The maximum absolute atomic E-state index is 14.3. The van der Waals surface area contributed by atoms with Gasteiger partial charge in [-0.1, -0.05) is 22.0 Å². The van der Waals surface area contributed by atoms with Crippen LogP contribution in [-0.4, -0.2) is 48.7 Å². The number of aliphatic hydroxyl groups is 1. The highest BCUT2D eigenvalue weighted by Crippen LogP contribution is 2.38. The molecule has 1 fully saturated rings. The highest BCUT2D eigenvalue weighted by atomic mass is 79.9. The molecule has 2 N–H and O–H groups in total. The van der Waals surface area contributed by atoms with E-state index in [9.17, 15) is 8.78 Å². The van der Waals surface area contributed by atoms with Gasteiger partial charge in [0.15, 0.2) is 0 Å². The zero-order valence-corrected chi connectivity index (χ0v) is 13.0. The molecule has 1 aromatic carbocycles. The van der Waals surface area contributed by atoms with E-state index in [2.05, 4.69) is 21.2 Å². The summed E-state index contributed by atoms with van der Waals surface area (Å²) in [7, 11) is 0. The summed E-state index contributed by atoms with van der Waals surface area (Å²) in [5.41, 5.74) is 1.38.